The highest BCUT2D eigenvalue weighted by atomic mass is 35.5. The van der Waals surface area contributed by atoms with Crippen LogP contribution in [0.3, 0.4) is 0 Å². The van der Waals surface area contributed by atoms with Gasteiger partial charge in [0.1, 0.15) is 0 Å². The van der Waals surface area contributed by atoms with E-state index in [1.165, 1.54) is 6.42 Å². The van der Waals surface area contributed by atoms with Gasteiger partial charge in [-0.2, -0.15) is 0 Å². The van der Waals surface area contributed by atoms with Gasteiger partial charge < -0.3 is 14.9 Å². The fourth-order valence-corrected chi connectivity index (χ4v) is 3.44. The number of furan rings is 1. The predicted molar refractivity (Wildman–Crippen MR) is 76.7 cm³/mol. The first-order valence-electron chi connectivity index (χ1n) is 6.69. The molecule has 1 heterocycles. The van der Waals surface area contributed by atoms with E-state index in [9.17, 15) is 0 Å². The van der Waals surface area contributed by atoms with Gasteiger partial charge >= 0.3 is 0 Å². The van der Waals surface area contributed by atoms with Crippen LogP contribution in [-0.4, -0.2) is 7.11 Å². The van der Waals surface area contributed by atoms with Crippen LogP contribution in [0.25, 0.3) is 11.0 Å². The van der Waals surface area contributed by atoms with Gasteiger partial charge in [0, 0.05) is 10.9 Å². The number of nitrogens with two attached hydrogens (primary N) is 1. The van der Waals surface area contributed by atoms with E-state index in [2.05, 4.69) is 0 Å². The Morgan fingerprint density at radius 1 is 1.32 bits per heavy atom. The molecule has 1 aliphatic carbocycles. The molecule has 1 aromatic carbocycles. The number of fused-ring (bicyclic) bond motifs is 1. The second-order valence-corrected chi connectivity index (χ2v) is 5.70. The van der Waals surface area contributed by atoms with Gasteiger partial charge in [-0.3, -0.25) is 0 Å². The van der Waals surface area contributed by atoms with Gasteiger partial charge in [-0.1, -0.05) is 30.9 Å². The van der Waals surface area contributed by atoms with E-state index >= 15 is 0 Å². The average molecular weight is 280 g/mol. The lowest BCUT2D eigenvalue weighted by molar-refractivity contribution is 0.301. The minimum Gasteiger partial charge on any atom is -0.493 e. The number of methoxy groups -OCH3 is 1. The van der Waals surface area contributed by atoms with Crippen LogP contribution >= 0.6 is 11.6 Å². The van der Waals surface area contributed by atoms with Crippen LogP contribution in [0.2, 0.25) is 5.02 Å². The van der Waals surface area contributed by atoms with Gasteiger partial charge in [0.05, 0.1) is 18.4 Å². The minimum atomic E-state index is -0.339. The van der Waals surface area contributed by atoms with E-state index in [4.69, 9.17) is 26.5 Å². The fourth-order valence-electron chi connectivity index (χ4n) is 3.04. The van der Waals surface area contributed by atoms with Gasteiger partial charge in [0.15, 0.2) is 11.3 Å². The molecule has 1 aromatic heterocycles. The van der Waals surface area contributed by atoms with Crippen molar-refractivity contribution in [3.8, 4) is 5.75 Å². The molecular formula is C15H18ClNO2. The van der Waals surface area contributed by atoms with E-state index in [0.717, 1.165) is 36.6 Å². The summed E-state index contributed by atoms with van der Waals surface area (Å²) in [4.78, 5) is 0. The summed E-state index contributed by atoms with van der Waals surface area (Å²) >= 11 is 6.54. The number of ether oxygens (including phenoxy) is 1. The fraction of sp³-hybridized carbons (Fsp3) is 0.467. The van der Waals surface area contributed by atoms with E-state index in [0.29, 0.717) is 16.4 Å². The smallest absolute Gasteiger partial charge is 0.177 e. The normalized spacial score (nSPS) is 18.7. The summed E-state index contributed by atoms with van der Waals surface area (Å²) in [6.45, 7) is 0. The first-order chi connectivity index (χ1) is 9.15. The van der Waals surface area contributed by atoms with Crippen molar-refractivity contribution in [2.24, 2.45) is 5.73 Å². The second-order valence-electron chi connectivity index (χ2n) is 5.32. The molecule has 0 bridgehead atoms. The molecule has 3 rings (SSSR count). The Labute approximate surface area is 117 Å². The van der Waals surface area contributed by atoms with Crippen LogP contribution in [0, 0.1) is 0 Å². The molecule has 0 saturated heterocycles. The Morgan fingerprint density at radius 3 is 2.74 bits per heavy atom. The van der Waals surface area contributed by atoms with E-state index in [-0.39, 0.29) is 5.54 Å². The zero-order valence-electron chi connectivity index (χ0n) is 11.0. The first kappa shape index (κ1) is 12.8. The molecule has 1 aliphatic rings. The molecule has 0 radical (unpaired) electrons. The monoisotopic (exact) mass is 279 g/mol. The highest BCUT2D eigenvalue weighted by molar-refractivity contribution is 6.36. The molecule has 0 aliphatic heterocycles. The molecule has 0 atom stereocenters. The Hall–Kier alpha value is -1.19. The maximum Gasteiger partial charge on any atom is 0.177 e. The standard InChI is InChI=1S/C15H18ClNO2/c1-18-12-9-11(15(17)6-3-2-4-7-15)13(16)10-5-8-19-14(10)12/h5,8-9H,2-4,6-7,17H2,1H3. The van der Waals surface area contributed by atoms with Gasteiger partial charge in [-0.15, -0.1) is 0 Å². The molecule has 102 valence electrons. The number of hydrogen-bond donors (Lipinski definition) is 1. The molecule has 1 fully saturated rings. The Bertz CT molecular complexity index is 599. The predicted octanol–water partition coefficient (Wildman–Crippen LogP) is 4.21. The molecule has 0 spiro atoms. The summed E-state index contributed by atoms with van der Waals surface area (Å²) in [5.41, 5.74) is 7.93. The summed E-state index contributed by atoms with van der Waals surface area (Å²) in [6, 6.07) is 3.81. The Kier molecular flexibility index (Phi) is 3.19. The van der Waals surface area contributed by atoms with Gasteiger partial charge in [-0.05, 0) is 30.5 Å². The van der Waals surface area contributed by atoms with Crippen molar-refractivity contribution in [2.75, 3.05) is 7.11 Å². The van der Waals surface area contributed by atoms with Crippen molar-refractivity contribution in [3.63, 3.8) is 0 Å². The van der Waals surface area contributed by atoms with Crippen molar-refractivity contribution in [1.82, 2.24) is 0 Å². The SMILES string of the molecule is COc1cc(C2(N)CCCCC2)c(Cl)c2ccoc12. The highest BCUT2D eigenvalue weighted by Gasteiger charge is 2.33. The molecule has 0 amide bonds. The topological polar surface area (TPSA) is 48.4 Å². The van der Waals surface area contributed by atoms with Crippen LogP contribution < -0.4 is 10.5 Å². The highest BCUT2D eigenvalue weighted by Crippen LogP contribution is 2.44. The second kappa shape index (κ2) is 4.73. The Morgan fingerprint density at radius 2 is 2.05 bits per heavy atom. The number of halogens is 1. The van der Waals surface area contributed by atoms with E-state index in [1.807, 2.05) is 12.1 Å². The van der Waals surface area contributed by atoms with Crippen LogP contribution in [-0.2, 0) is 5.54 Å². The molecule has 0 unspecified atom stereocenters. The van der Waals surface area contributed by atoms with Crippen molar-refractivity contribution >= 4 is 22.6 Å². The molecule has 2 aromatic rings. The van der Waals surface area contributed by atoms with Gasteiger partial charge in [0.25, 0.3) is 0 Å². The van der Waals surface area contributed by atoms with Crippen molar-refractivity contribution < 1.29 is 9.15 Å². The van der Waals surface area contributed by atoms with Crippen LogP contribution in [0.4, 0.5) is 0 Å². The number of rotatable bonds is 2. The molecule has 3 nitrogen and oxygen atoms in total. The lowest BCUT2D eigenvalue weighted by Gasteiger charge is -2.34. The molecule has 19 heavy (non-hydrogen) atoms. The van der Waals surface area contributed by atoms with Crippen molar-refractivity contribution in [1.29, 1.82) is 0 Å². The summed E-state index contributed by atoms with van der Waals surface area (Å²) < 4.78 is 10.9. The minimum absolute atomic E-state index is 0.339. The van der Waals surface area contributed by atoms with Crippen LogP contribution in [0.1, 0.15) is 37.7 Å². The van der Waals surface area contributed by atoms with Crippen molar-refractivity contribution in [2.45, 2.75) is 37.6 Å². The summed E-state index contributed by atoms with van der Waals surface area (Å²) in [5.74, 6) is 0.704. The summed E-state index contributed by atoms with van der Waals surface area (Å²) in [6.07, 6.45) is 7.13. The van der Waals surface area contributed by atoms with Crippen molar-refractivity contribution in [3.05, 3.63) is 29.0 Å². The van der Waals surface area contributed by atoms with Crippen LogP contribution in [0.15, 0.2) is 22.8 Å². The number of benzene rings is 1. The van der Waals surface area contributed by atoms with E-state index in [1.54, 1.807) is 13.4 Å². The summed E-state index contributed by atoms with van der Waals surface area (Å²) in [5, 5.41) is 1.58. The third-order valence-corrected chi connectivity index (χ3v) is 4.55. The lowest BCUT2D eigenvalue weighted by atomic mass is 9.77. The zero-order valence-corrected chi connectivity index (χ0v) is 11.8. The first-order valence-corrected chi connectivity index (χ1v) is 7.06. The number of hydrogen-bond acceptors (Lipinski definition) is 3. The van der Waals surface area contributed by atoms with Gasteiger partial charge in [-0.25, -0.2) is 0 Å². The Balaban J connectivity index is 2.20. The molecule has 2 N–H and O–H groups in total. The zero-order chi connectivity index (χ0) is 13.5. The van der Waals surface area contributed by atoms with E-state index < -0.39 is 0 Å². The maximum absolute atomic E-state index is 6.59. The third kappa shape index (κ3) is 2.01. The molecule has 4 heteroatoms. The molecular weight excluding hydrogens is 262 g/mol. The lowest BCUT2D eigenvalue weighted by Crippen LogP contribution is -2.38. The van der Waals surface area contributed by atoms with Crippen LogP contribution in [0.5, 0.6) is 5.75 Å². The average Bonchev–Trinajstić information content (AvgIpc) is 2.90. The summed E-state index contributed by atoms with van der Waals surface area (Å²) in [7, 11) is 1.64. The molecule has 1 saturated carbocycles. The van der Waals surface area contributed by atoms with Gasteiger partial charge in [0.2, 0.25) is 0 Å². The largest absolute Gasteiger partial charge is 0.493 e. The quantitative estimate of drug-likeness (QED) is 0.896. The third-order valence-electron chi connectivity index (χ3n) is 4.14. The maximum atomic E-state index is 6.59.